The van der Waals surface area contributed by atoms with Gasteiger partial charge in [-0.3, -0.25) is 4.74 Å². The van der Waals surface area contributed by atoms with Gasteiger partial charge in [0.25, 0.3) is 0 Å². The molecule has 13 heavy (non-hydrogen) atoms. The number of carbonyl (C=O) groups excluding carboxylic acids is 1. The lowest BCUT2D eigenvalue weighted by Gasteiger charge is -2.08. The lowest BCUT2D eigenvalue weighted by Crippen LogP contribution is -2.16. The van der Waals surface area contributed by atoms with E-state index in [9.17, 15) is 18.0 Å². The Morgan fingerprint density at radius 3 is 2.38 bits per heavy atom. The van der Waals surface area contributed by atoms with Gasteiger partial charge >= 0.3 is 12.3 Å². The van der Waals surface area contributed by atoms with E-state index >= 15 is 0 Å². The van der Waals surface area contributed by atoms with Crippen molar-refractivity contribution in [3.63, 3.8) is 0 Å². The van der Waals surface area contributed by atoms with Gasteiger partial charge in [0, 0.05) is 6.08 Å². The molecule has 0 rings (SSSR count). The van der Waals surface area contributed by atoms with Gasteiger partial charge in [0.15, 0.2) is 0 Å². The zero-order valence-electron chi connectivity index (χ0n) is 6.56. The predicted octanol–water partition coefficient (Wildman–Crippen LogP) is 1.77. The van der Waals surface area contributed by atoms with Gasteiger partial charge in [0.2, 0.25) is 0 Å². The van der Waals surface area contributed by atoms with Gasteiger partial charge in [0.1, 0.15) is 12.4 Å². The Labute approximate surface area is 72.4 Å². The van der Waals surface area contributed by atoms with E-state index in [-0.39, 0.29) is 0 Å². The summed E-state index contributed by atoms with van der Waals surface area (Å²) in [5.74, 6) is -1.31. The average molecular weight is 196 g/mol. The normalized spacial score (nSPS) is 10.7. The van der Waals surface area contributed by atoms with Crippen LogP contribution in [0.2, 0.25) is 0 Å². The maximum absolute atomic E-state index is 11.4. The number of hydrogen-bond acceptors (Lipinski definition) is 3. The molecule has 0 unspecified atom stereocenters. The van der Waals surface area contributed by atoms with E-state index in [0.717, 1.165) is 6.08 Å². The number of halogens is 3. The molecule has 0 aliphatic heterocycles. The van der Waals surface area contributed by atoms with Gasteiger partial charge in [-0.2, -0.15) is 0 Å². The summed E-state index contributed by atoms with van der Waals surface area (Å²) < 4.78 is 41.8. The van der Waals surface area contributed by atoms with E-state index in [1.807, 2.05) is 0 Å². The van der Waals surface area contributed by atoms with Crippen LogP contribution < -0.4 is 0 Å². The highest BCUT2D eigenvalue weighted by Gasteiger charge is 2.29. The third-order valence-corrected chi connectivity index (χ3v) is 0.808. The largest absolute Gasteiger partial charge is 0.522 e. The minimum Gasteiger partial charge on any atom is -0.426 e. The second-order valence-corrected chi connectivity index (χ2v) is 1.90. The average Bonchev–Trinajstić information content (AvgIpc) is 1.99. The van der Waals surface area contributed by atoms with E-state index in [1.165, 1.54) is 0 Å². The van der Waals surface area contributed by atoms with Crippen molar-refractivity contribution < 1.29 is 27.4 Å². The standard InChI is InChI=1S/C7H7F3O3/c1-3-6(11)13-5(2)4-12-7(8,9)10/h3H,1-2,4H2. The van der Waals surface area contributed by atoms with Gasteiger partial charge in [-0.1, -0.05) is 13.2 Å². The van der Waals surface area contributed by atoms with Crippen LogP contribution in [0.4, 0.5) is 13.2 Å². The van der Waals surface area contributed by atoms with Crippen LogP contribution in [0.15, 0.2) is 25.0 Å². The van der Waals surface area contributed by atoms with E-state index in [0.29, 0.717) is 0 Å². The molecule has 3 nitrogen and oxygen atoms in total. The van der Waals surface area contributed by atoms with Gasteiger partial charge in [-0.25, -0.2) is 4.79 Å². The number of alkyl halides is 3. The molecule has 6 heteroatoms. The Balaban J connectivity index is 3.77. The van der Waals surface area contributed by atoms with Crippen molar-refractivity contribution >= 4 is 5.97 Å². The topological polar surface area (TPSA) is 35.5 Å². The van der Waals surface area contributed by atoms with Crippen molar-refractivity contribution in [1.29, 1.82) is 0 Å². The molecular formula is C7H7F3O3. The maximum Gasteiger partial charge on any atom is 0.522 e. The smallest absolute Gasteiger partial charge is 0.426 e. The monoisotopic (exact) mass is 196 g/mol. The Bertz CT molecular complexity index is 220. The van der Waals surface area contributed by atoms with Crippen LogP contribution in [0.1, 0.15) is 0 Å². The molecular weight excluding hydrogens is 189 g/mol. The van der Waals surface area contributed by atoms with Crippen LogP contribution in [0, 0.1) is 0 Å². The molecule has 0 heterocycles. The summed E-state index contributed by atoms with van der Waals surface area (Å²) in [5.41, 5.74) is 0. The number of carbonyl (C=O) groups is 1. The Morgan fingerprint density at radius 1 is 1.46 bits per heavy atom. The SMILES string of the molecule is C=CC(=O)OC(=C)COC(F)(F)F. The summed E-state index contributed by atoms with van der Waals surface area (Å²) >= 11 is 0. The van der Waals surface area contributed by atoms with E-state index in [4.69, 9.17) is 0 Å². The first-order valence-corrected chi connectivity index (χ1v) is 3.08. The van der Waals surface area contributed by atoms with Crippen molar-refractivity contribution in [2.24, 2.45) is 0 Å². The first kappa shape index (κ1) is 11.7. The van der Waals surface area contributed by atoms with Gasteiger partial charge in [-0.15, -0.1) is 13.2 Å². The predicted molar refractivity (Wildman–Crippen MR) is 37.4 cm³/mol. The third kappa shape index (κ3) is 7.07. The molecule has 0 aliphatic carbocycles. The molecule has 0 saturated carbocycles. The molecule has 0 amide bonds. The van der Waals surface area contributed by atoms with Crippen molar-refractivity contribution in [3.05, 3.63) is 25.0 Å². The van der Waals surface area contributed by atoms with Crippen molar-refractivity contribution in [3.8, 4) is 0 Å². The summed E-state index contributed by atoms with van der Waals surface area (Å²) in [6, 6.07) is 0. The van der Waals surface area contributed by atoms with Gasteiger partial charge in [-0.05, 0) is 0 Å². The van der Waals surface area contributed by atoms with Crippen LogP contribution in [-0.2, 0) is 14.3 Å². The second-order valence-electron chi connectivity index (χ2n) is 1.90. The first-order chi connectivity index (χ1) is 5.85. The molecule has 0 saturated heterocycles. The minimum atomic E-state index is -4.76. The summed E-state index contributed by atoms with van der Waals surface area (Å²) in [7, 11) is 0. The van der Waals surface area contributed by atoms with Crippen LogP contribution in [0.5, 0.6) is 0 Å². The number of rotatable bonds is 4. The van der Waals surface area contributed by atoms with Crippen molar-refractivity contribution in [2.75, 3.05) is 6.61 Å². The van der Waals surface area contributed by atoms with Crippen molar-refractivity contribution in [2.45, 2.75) is 6.36 Å². The zero-order valence-corrected chi connectivity index (χ0v) is 6.56. The first-order valence-electron chi connectivity index (χ1n) is 3.08. The van der Waals surface area contributed by atoms with E-state index in [1.54, 1.807) is 0 Å². The Hall–Kier alpha value is -1.30. The fraction of sp³-hybridized carbons (Fsp3) is 0.286. The molecule has 0 fully saturated rings. The highest BCUT2D eigenvalue weighted by Crippen LogP contribution is 2.17. The van der Waals surface area contributed by atoms with E-state index in [2.05, 4.69) is 22.6 Å². The number of hydrogen-bond donors (Lipinski definition) is 0. The second kappa shape index (κ2) is 4.66. The molecule has 0 N–H and O–H groups in total. The number of ether oxygens (including phenoxy) is 2. The summed E-state index contributed by atoms with van der Waals surface area (Å²) in [6.07, 6.45) is -3.96. The molecule has 0 aromatic carbocycles. The number of esters is 1. The minimum absolute atomic E-state index is 0.428. The molecule has 74 valence electrons. The third-order valence-electron chi connectivity index (χ3n) is 0.808. The molecule has 0 spiro atoms. The molecule has 0 aromatic heterocycles. The Kier molecular flexibility index (Phi) is 4.19. The summed E-state index contributed by atoms with van der Waals surface area (Å²) in [4.78, 5) is 10.4. The van der Waals surface area contributed by atoms with Crippen LogP contribution in [0.3, 0.4) is 0 Å². The molecule has 0 radical (unpaired) electrons. The molecule has 0 atom stereocenters. The summed E-state index contributed by atoms with van der Waals surface area (Å²) in [6.45, 7) is 5.16. The lowest BCUT2D eigenvalue weighted by molar-refractivity contribution is -0.322. The Morgan fingerprint density at radius 2 is 2.00 bits per heavy atom. The highest BCUT2D eigenvalue weighted by molar-refractivity contribution is 5.82. The highest BCUT2D eigenvalue weighted by atomic mass is 19.4. The zero-order chi connectivity index (χ0) is 10.5. The molecule has 0 aliphatic rings. The lowest BCUT2D eigenvalue weighted by atomic mass is 10.6. The van der Waals surface area contributed by atoms with Crippen LogP contribution in [0.25, 0.3) is 0 Å². The van der Waals surface area contributed by atoms with Crippen LogP contribution in [-0.4, -0.2) is 18.9 Å². The van der Waals surface area contributed by atoms with E-state index < -0.39 is 24.7 Å². The molecule has 0 aromatic rings. The fourth-order valence-electron chi connectivity index (χ4n) is 0.376. The fourth-order valence-corrected chi connectivity index (χ4v) is 0.376. The van der Waals surface area contributed by atoms with Crippen LogP contribution >= 0.6 is 0 Å². The maximum atomic E-state index is 11.4. The molecule has 0 bridgehead atoms. The summed E-state index contributed by atoms with van der Waals surface area (Å²) in [5, 5.41) is 0. The quantitative estimate of drug-likeness (QED) is 0.390. The van der Waals surface area contributed by atoms with Crippen molar-refractivity contribution in [1.82, 2.24) is 0 Å². The van der Waals surface area contributed by atoms with Gasteiger partial charge in [0.05, 0.1) is 0 Å². The van der Waals surface area contributed by atoms with Gasteiger partial charge < -0.3 is 4.74 Å².